The fourth-order valence-electron chi connectivity index (χ4n) is 1.43. The van der Waals surface area contributed by atoms with Crippen molar-refractivity contribution in [2.75, 3.05) is 0 Å². The van der Waals surface area contributed by atoms with Crippen molar-refractivity contribution >= 4 is 17.3 Å². The van der Waals surface area contributed by atoms with Gasteiger partial charge in [-0.2, -0.15) is 0 Å². The maximum absolute atomic E-state index is 11.0. The van der Waals surface area contributed by atoms with E-state index >= 15 is 0 Å². The van der Waals surface area contributed by atoms with Gasteiger partial charge in [0.05, 0.1) is 11.1 Å². The summed E-state index contributed by atoms with van der Waals surface area (Å²) < 4.78 is 1.38. The van der Waals surface area contributed by atoms with Gasteiger partial charge in [-0.25, -0.2) is 14.6 Å². The first kappa shape index (κ1) is 11.4. The first-order valence-corrected chi connectivity index (χ1v) is 4.92. The largest absolute Gasteiger partial charge is 0.318 e. The smallest absolute Gasteiger partial charge is 0.258 e. The Morgan fingerprint density at radius 1 is 1.47 bits per heavy atom. The molecule has 0 aromatic carbocycles. The molecule has 0 atom stereocenters. The Morgan fingerprint density at radius 3 is 2.71 bits per heavy atom. The Bertz CT molecular complexity index is 596. The first-order valence-electron chi connectivity index (χ1n) is 4.54. The van der Waals surface area contributed by atoms with Gasteiger partial charge in [-0.3, -0.25) is 10.1 Å². The van der Waals surface area contributed by atoms with Gasteiger partial charge in [0.25, 0.3) is 0 Å². The van der Waals surface area contributed by atoms with Crippen molar-refractivity contribution in [3.05, 3.63) is 27.3 Å². The molecule has 2 aromatic heterocycles. The topological polar surface area (TPSA) is 99.6 Å². The molecule has 0 aliphatic rings. The van der Waals surface area contributed by atoms with Crippen molar-refractivity contribution in [2.45, 2.75) is 6.92 Å². The minimum absolute atomic E-state index is 0.0516. The van der Waals surface area contributed by atoms with E-state index < -0.39 is 4.92 Å². The predicted octanol–water partition coefficient (Wildman–Crippen LogP) is 1.14. The van der Waals surface area contributed by atoms with Gasteiger partial charge in [0.15, 0.2) is 5.69 Å². The predicted molar refractivity (Wildman–Crippen MR) is 58.4 cm³/mol. The molecule has 0 aliphatic carbocycles. The maximum atomic E-state index is 11.0. The molecule has 0 N–H and O–H groups in total. The maximum Gasteiger partial charge on any atom is 0.318 e. The van der Waals surface area contributed by atoms with E-state index in [0.29, 0.717) is 5.69 Å². The Balaban J connectivity index is 2.76. The van der Waals surface area contributed by atoms with E-state index in [1.807, 2.05) is 0 Å². The van der Waals surface area contributed by atoms with Crippen LogP contribution in [0.2, 0.25) is 5.28 Å². The number of hydrogen-bond donors (Lipinski definition) is 0. The molecule has 2 rings (SSSR count). The fraction of sp³-hybridized carbons (Fsp3) is 0.250. The SMILES string of the molecule is Cc1nc(Cl)nc(-c2cnnn2C)c1[N+](=O)[O-]. The van der Waals surface area contributed by atoms with Crippen LogP contribution in [0.3, 0.4) is 0 Å². The van der Waals surface area contributed by atoms with E-state index in [1.54, 1.807) is 7.05 Å². The molecule has 0 radical (unpaired) electrons. The molecule has 0 aliphatic heterocycles. The lowest BCUT2D eigenvalue weighted by Crippen LogP contribution is -2.04. The summed E-state index contributed by atoms with van der Waals surface area (Å²) in [5.41, 5.74) is 0.523. The molecule has 0 spiro atoms. The summed E-state index contributed by atoms with van der Waals surface area (Å²) >= 11 is 5.70. The van der Waals surface area contributed by atoms with Crippen LogP contribution in [0.25, 0.3) is 11.4 Å². The lowest BCUT2D eigenvalue weighted by Gasteiger charge is -2.04. The highest BCUT2D eigenvalue weighted by Gasteiger charge is 2.24. The third-order valence-electron chi connectivity index (χ3n) is 2.17. The molecule has 0 fully saturated rings. The van der Waals surface area contributed by atoms with E-state index in [4.69, 9.17) is 11.6 Å². The highest BCUT2D eigenvalue weighted by atomic mass is 35.5. The van der Waals surface area contributed by atoms with Crippen LogP contribution in [-0.2, 0) is 7.05 Å². The molecule has 17 heavy (non-hydrogen) atoms. The summed E-state index contributed by atoms with van der Waals surface area (Å²) in [5.74, 6) is 0. The van der Waals surface area contributed by atoms with Gasteiger partial charge in [-0.05, 0) is 18.5 Å². The zero-order valence-electron chi connectivity index (χ0n) is 8.96. The Labute approximate surface area is 100 Å². The zero-order chi connectivity index (χ0) is 12.6. The lowest BCUT2D eigenvalue weighted by molar-refractivity contribution is -0.385. The molecule has 88 valence electrons. The van der Waals surface area contributed by atoms with Gasteiger partial charge in [0.1, 0.15) is 11.4 Å². The summed E-state index contributed by atoms with van der Waals surface area (Å²) in [6.07, 6.45) is 1.38. The Hall–Kier alpha value is -2.09. The lowest BCUT2D eigenvalue weighted by atomic mass is 10.2. The van der Waals surface area contributed by atoms with Crippen LogP contribution in [0.5, 0.6) is 0 Å². The Kier molecular flexibility index (Phi) is 2.72. The third-order valence-corrected chi connectivity index (χ3v) is 2.34. The molecule has 9 heteroatoms. The zero-order valence-corrected chi connectivity index (χ0v) is 9.71. The van der Waals surface area contributed by atoms with Crippen LogP contribution in [0.4, 0.5) is 5.69 Å². The molecular weight excluding hydrogens is 248 g/mol. The second kappa shape index (κ2) is 4.06. The number of nitrogens with zero attached hydrogens (tertiary/aromatic N) is 6. The van der Waals surface area contributed by atoms with Crippen LogP contribution in [0.15, 0.2) is 6.20 Å². The third kappa shape index (κ3) is 1.94. The number of nitro groups is 1. The van der Waals surface area contributed by atoms with Crippen molar-refractivity contribution in [3.63, 3.8) is 0 Å². The number of halogens is 1. The average molecular weight is 255 g/mol. The van der Waals surface area contributed by atoms with Crippen LogP contribution in [0, 0.1) is 17.0 Å². The van der Waals surface area contributed by atoms with Gasteiger partial charge < -0.3 is 0 Å². The number of aromatic nitrogens is 5. The normalized spacial score (nSPS) is 10.5. The summed E-state index contributed by atoms with van der Waals surface area (Å²) in [4.78, 5) is 18.1. The van der Waals surface area contributed by atoms with Crippen molar-refractivity contribution in [1.82, 2.24) is 25.0 Å². The molecule has 8 nitrogen and oxygen atoms in total. The highest BCUT2D eigenvalue weighted by Crippen LogP contribution is 2.29. The van der Waals surface area contributed by atoms with Gasteiger partial charge in [0.2, 0.25) is 5.28 Å². The molecule has 2 heterocycles. The van der Waals surface area contributed by atoms with Crippen molar-refractivity contribution < 1.29 is 4.92 Å². The minimum atomic E-state index is -0.548. The molecule has 0 unspecified atom stereocenters. The van der Waals surface area contributed by atoms with E-state index in [0.717, 1.165) is 0 Å². The van der Waals surface area contributed by atoms with E-state index in [-0.39, 0.29) is 22.4 Å². The fourth-order valence-corrected chi connectivity index (χ4v) is 1.65. The van der Waals surface area contributed by atoms with E-state index in [1.165, 1.54) is 17.8 Å². The second-order valence-corrected chi connectivity index (χ2v) is 3.61. The summed E-state index contributed by atoms with van der Waals surface area (Å²) in [6.45, 7) is 1.50. The quantitative estimate of drug-likeness (QED) is 0.453. The Morgan fingerprint density at radius 2 is 2.18 bits per heavy atom. The van der Waals surface area contributed by atoms with E-state index in [9.17, 15) is 10.1 Å². The number of hydrogen-bond acceptors (Lipinski definition) is 6. The molecule has 2 aromatic rings. The molecule has 0 saturated heterocycles. The van der Waals surface area contributed by atoms with Crippen molar-refractivity contribution in [1.29, 1.82) is 0 Å². The highest BCUT2D eigenvalue weighted by molar-refractivity contribution is 6.28. The van der Waals surface area contributed by atoms with Crippen LogP contribution in [0.1, 0.15) is 5.69 Å². The van der Waals surface area contributed by atoms with Crippen LogP contribution >= 0.6 is 11.6 Å². The summed E-state index contributed by atoms with van der Waals surface area (Å²) in [6, 6.07) is 0. The summed E-state index contributed by atoms with van der Waals surface area (Å²) in [7, 11) is 1.61. The average Bonchev–Trinajstić information content (AvgIpc) is 2.62. The van der Waals surface area contributed by atoms with Crippen LogP contribution < -0.4 is 0 Å². The number of aryl methyl sites for hydroxylation is 2. The van der Waals surface area contributed by atoms with Gasteiger partial charge in [-0.1, -0.05) is 5.21 Å². The standard InChI is InChI=1S/C8H7ClN6O2/c1-4-7(15(16)17)6(12-8(9)11-4)5-3-10-13-14(5)2/h3H,1-2H3. The van der Waals surface area contributed by atoms with Crippen molar-refractivity contribution in [3.8, 4) is 11.4 Å². The van der Waals surface area contributed by atoms with Gasteiger partial charge in [0, 0.05) is 7.05 Å². The van der Waals surface area contributed by atoms with Crippen LogP contribution in [-0.4, -0.2) is 29.9 Å². The van der Waals surface area contributed by atoms with Crippen molar-refractivity contribution in [2.24, 2.45) is 7.05 Å². The molecule has 0 saturated carbocycles. The summed E-state index contributed by atoms with van der Waals surface area (Å²) in [5, 5.41) is 18.3. The molecule has 0 bridgehead atoms. The van der Waals surface area contributed by atoms with Gasteiger partial charge >= 0.3 is 5.69 Å². The number of rotatable bonds is 2. The van der Waals surface area contributed by atoms with Gasteiger partial charge in [-0.15, -0.1) is 5.10 Å². The second-order valence-electron chi connectivity index (χ2n) is 3.28. The monoisotopic (exact) mass is 254 g/mol. The molecule has 0 amide bonds. The minimum Gasteiger partial charge on any atom is -0.258 e. The molecular formula is C8H7ClN6O2. The first-order chi connectivity index (χ1) is 8.00. The van der Waals surface area contributed by atoms with E-state index in [2.05, 4.69) is 20.3 Å².